The third-order valence-corrected chi connectivity index (χ3v) is 3.55. The SMILES string of the molecule is C/C(=C\CO)c1ccc2c(c1)C(C)(C)CCO2. The predicted molar refractivity (Wildman–Crippen MR) is 70.3 cm³/mol. The molecule has 2 heteroatoms. The van der Waals surface area contributed by atoms with Crippen molar-refractivity contribution in [3.8, 4) is 5.75 Å². The number of aliphatic hydroxyl groups is 1. The number of rotatable bonds is 2. The molecule has 1 aliphatic rings. The van der Waals surface area contributed by atoms with Crippen molar-refractivity contribution in [3.05, 3.63) is 35.4 Å². The molecule has 0 unspecified atom stereocenters. The number of hydrogen-bond acceptors (Lipinski definition) is 2. The van der Waals surface area contributed by atoms with Gasteiger partial charge in [0.2, 0.25) is 0 Å². The van der Waals surface area contributed by atoms with Gasteiger partial charge < -0.3 is 9.84 Å². The highest BCUT2D eigenvalue weighted by Gasteiger charge is 2.28. The molecule has 0 fully saturated rings. The van der Waals surface area contributed by atoms with Crippen molar-refractivity contribution in [2.45, 2.75) is 32.6 Å². The lowest BCUT2D eigenvalue weighted by Gasteiger charge is -2.32. The van der Waals surface area contributed by atoms with E-state index < -0.39 is 0 Å². The fourth-order valence-corrected chi connectivity index (χ4v) is 2.24. The van der Waals surface area contributed by atoms with E-state index in [0.717, 1.165) is 29.9 Å². The summed E-state index contributed by atoms with van der Waals surface area (Å²) in [4.78, 5) is 0. The number of aliphatic hydroxyl groups excluding tert-OH is 1. The molecule has 17 heavy (non-hydrogen) atoms. The minimum absolute atomic E-state index is 0.0861. The van der Waals surface area contributed by atoms with E-state index >= 15 is 0 Å². The van der Waals surface area contributed by atoms with E-state index in [-0.39, 0.29) is 12.0 Å². The van der Waals surface area contributed by atoms with Crippen LogP contribution in [0, 0.1) is 0 Å². The first kappa shape index (κ1) is 12.2. The minimum atomic E-state index is 0.0861. The van der Waals surface area contributed by atoms with Crippen molar-refractivity contribution in [1.29, 1.82) is 0 Å². The van der Waals surface area contributed by atoms with Gasteiger partial charge >= 0.3 is 0 Å². The van der Waals surface area contributed by atoms with E-state index in [1.54, 1.807) is 0 Å². The van der Waals surface area contributed by atoms with E-state index in [0.29, 0.717) is 0 Å². The Labute approximate surface area is 103 Å². The van der Waals surface area contributed by atoms with Gasteiger partial charge in [0.25, 0.3) is 0 Å². The molecule has 0 atom stereocenters. The van der Waals surface area contributed by atoms with Crippen LogP contribution in [0.15, 0.2) is 24.3 Å². The molecule has 1 N–H and O–H groups in total. The molecule has 1 aliphatic heterocycles. The van der Waals surface area contributed by atoms with Crippen LogP contribution >= 0.6 is 0 Å². The zero-order chi connectivity index (χ0) is 12.5. The number of fused-ring (bicyclic) bond motifs is 1. The van der Waals surface area contributed by atoms with Crippen molar-refractivity contribution in [2.75, 3.05) is 13.2 Å². The molecule has 0 radical (unpaired) electrons. The molecule has 1 heterocycles. The first-order chi connectivity index (χ1) is 8.04. The highest BCUT2D eigenvalue weighted by atomic mass is 16.5. The van der Waals surface area contributed by atoms with Crippen LogP contribution in [-0.4, -0.2) is 18.3 Å². The molecule has 0 aromatic heterocycles. The average Bonchev–Trinajstić information content (AvgIpc) is 2.29. The van der Waals surface area contributed by atoms with Crippen LogP contribution in [-0.2, 0) is 5.41 Å². The molecular formula is C15H20O2. The van der Waals surface area contributed by atoms with Crippen LogP contribution in [0.25, 0.3) is 5.57 Å². The molecule has 0 saturated carbocycles. The van der Waals surface area contributed by atoms with Gasteiger partial charge in [-0.1, -0.05) is 26.0 Å². The first-order valence-corrected chi connectivity index (χ1v) is 6.10. The third kappa shape index (κ3) is 2.37. The van der Waals surface area contributed by atoms with Crippen molar-refractivity contribution in [1.82, 2.24) is 0 Å². The Balaban J connectivity index is 2.45. The highest BCUT2D eigenvalue weighted by molar-refractivity contribution is 5.66. The van der Waals surface area contributed by atoms with Crippen LogP contribution in [0.5, 0.6) is 5.75 Å². The minimum Gasteiger partial charge on any atom is -0.493 e. The fraction of sp³-hybridized carbons (Fsp3) is 0.467. The van der Waals surface area contributed by atoms with Gasteiger partial charge in [0.15, 0.2) is 0 Å². The molecule has 2 nitrogen and oxygen atoms in total. The van der Waals surface area contributed by atoms with Crippen molar-refractivity contribution >= 4 is 5.57 Å². The maximum atomic E-state index is 8.94. The Morgan fingerprint density at radius 2 is 2.24 bits per heavy atom. The highest BCUT2D eigenvalue weighted by Crippen LogP contribution is 2.39. The second-order valence-electron chi connectivity index (χ2n) is 5.26. The summed E-state index contributed by atoms with van der Waals surface area (Å²) in [5, 5.41) is 8.94. The third-order valence-electron chi connectivity index (χ3n) is 3.55. The Morgan fingerprint density at radius 1 is 1.47 bits per heavy atom. The molecule has 0 saturated heterocycles. The smallest absolute Gasteiger partial charge is 0.123 e. The second kappa shape index (κ2) is 4.53. The van der Waals surface area contributed by atoms with Gasteiger partial charge in [-0.2, -0.15) is 0 Å². The Kier molecular flexibility index (Phi) is 3.25. The summed E-state index contributed by atoms with van der Waals surface area (Å²) in [7, 11) is 0. The monoisotopic (exact) mass is 232 g/mol. The summed E-state index contributed by atoms with van der Waals surface area (Å²) >= 11 is 0. The summed E-state index contributed by atoms with van der Waals surface area (Å²) in [5.41, 5.74) is 3.71. The van der Waals surface area contributed by atoms with Gasteiger partial charge in [-0.05, 0) is 42.0 Å². The Bertz CT molecular complexity index is 444. The molecule has 1 aromatic rings. The summed E-state index contributed by atoms with van der Waals surface area (Å²) in [6.45, 7) is 7.41. The van der Waals surface area contributed by atoms with E-state index in [1.807, 2.05) is 19.1 Å². The molecular weight excluding hydrogens is 212 g/mol. The molecule has 2 rings (SSSR count). The van der Waals surface area contributed by atoms with Crippen LogP contribution in [0.2, 0.25) is 0 Å². The second-order valence-corrected chi connectivity index (χ2v) is 5.26. The number of benzene rings is 1. The van der Waals surface area contributed by atoms with Gasteiger partial charge in [0.1, 0.15) is 5.75 Å². The number of hydrogen-bond donors (Lipinski definition) is 1. The maximum absolute atomic E-state index is 8.94. The van der Waals surface area contributed by atoms with Crippen LogP contribution in [0.4, 0.5) is 0 Å². The Hall–Kier alpha value is -1.28. The standard InChI is InChI=1S/C15H20O2/c1-11(6-8-16)12-4-5-14-13(10-12)15(2,3)7-9-17-14/h4-6,10,16H,7-9H2,1-3H3/b11-6+. The van der Waals surface area contributed by atoms with E-state index in [4.69, 9.17) is 9.84 Å². The quantitative estimate of drug-likeness (QED) is 0.848. The number of ether oxygens (including phenoxy) is 1. The van der Waals surface area contributed by atoms with Crippen molar-refractivity contribution in [3.63, 3.8) is 0 Å². The zero-order valence-electron chi connectivity index (χ0n) is 10.8. The zero-order valence-corrected chi connectivity index (χ0v) is 10.8. The predicted octanol–water partition coefficient (Wildman–Crippen LogP) is 3.14. The molecule has 92 valence electrons. The summed E-state index contributed by atoms with van der Waals surface area (Å²) < 4.78 is 5.68. The van der Waals surface area contributed by atoms with Crippen LogP contribution in [0.3, 0.4) is 0 Å². The molecule has 0 aliphatic carbocycles. The topological polar surface area (TPSA) is 29.5 Å². The average molecular weight is 232 g/mol. The maximum Gasteiger partial charge on any atom is 0.123 e. The van der Waals surface area contributed by atoms with Gasteiger partial charge in [-0.25, -0.2) is 0 Å². The lowest BCUT2D eigenvalue weighted by Crippen LogP contribution is -2.26. The lowest BCUT2D eigenvalue weighted by molar-refractivity contribution is 0.234. The summed E-state index contributed by atoms with van der Waals surface area (Å²) in [5.74, 6) is 1.00. The molecule has 0 amide bonds. The largest absolute Gasteiger partial charge is 0.493 e. The molecule has 0 bridgehead atoms. The van der Waals surface area contributed by atoms with Gasteiger partial charge in [0, 0.05) is 5.56 Å². The van der Waals surface area contributed by atoms with E-state index in [1.165, 1.54) is 5.56 Å². The Morgan fingerprint density at radius 3 is 2.94 bits per heavy atom. The fourth-order valence-electron chi connectivity index (χ4n) is 2.24. The van der Waals surface area contributed by atoms with Gasteiger partial charge in [0.05, 0.1) is 13.2 Å². The van der Waals surface area contributed by atoms with Gasteiger partial charge in [-0.15, -0.1) is 0 Å². The summed E-state index contributed by atoms with van der Waals surface area (Å²) in [6, 6.07) is 6.29. The molecule has 1 aromatic carbocycles. The summed E-state index contributed by atoms with van der Waals surface area (Å²) in [6.07, 6.45) is 2.88. The number of allylic oxidation sites excluding steroid dienone is 1. The van der Waals surface area contributed by atoms with Crippen molar-refractivity contribution in [2.24, 2.45) is 0 Å². The lowest BCUT2D eigenvalue weighted by atomic mass is 9.79. The van der Waals surface area contributed by atoms with Crippen LogP contribution < -0.4 is 4.74 Å². The van der Waals surface area contributed by atoms with Crippen molar-refractivity contribution < 1.29 is 9.84 Å². The normalized spacial score (nSPS) is 18.5. The van der Waals surface area contributed by atoms with Crippen LogP contribution in [0.1, 0.15) is 38.3 Å². The first-order valence-electron chi connectivity index (χ1n) is 6.10. The van der Waals surface area contributed by atoms with E-state index in [9.17, 15) is 0 Å². The van der Waals surface area contributed by atoms with E-state index in [2.05, 4.69) is 26.0 Å². The molecule has 0 spiro atoms. The van der Waals surface area contributed by atoms with Gasteiger partial charge in [-0.3, -0.25) is 0 Å².